The van der Waals surface area contributed by atoms with Crippen LogP contribution < -0.4 is 37.1 Å². The molecule has 0 saturated carbocycles. The molecule has 8 N–H and O–H groups in total. The molecule has 398 valence electrons. The van der Waals surface area contributed by atoms with Crippen molar-refractivity contribution in [2.75, 3.05) is 53.5 Å². The van der Waals surface area contributed by atoms with E-state index >= 15 is 0 Å². The van der Waals surface area contributed by atoms with E-state index in [2.05, 4.69) is 29.5 Å². The number of nitrogens with two attached hydrogens (primary N) is 1. The lowest BCUT2D eigenvalue weighted by molar-refractivity contribution is -0.215. The molecule has 0 bridgehead atoms. The number of benzene rings is 1. The zero-order chi connectivity index (χ0) is 51.5. The number of amides is 2. The number of aromatic amines is 1. The zero-order valence-corrected chi connectivity index (χ0v) is 41.7. The van der Waals surface area contributed by atoms with Gasteiger partial charge in [0.2, 0.25) is 11.8 Å². The number of esters is 1. The predicted octanol–water partition coefficient (Wildman–Crippen LogP) is 1.53. The minimum atomic E-state index is -1.67. The van der Waals surface area contributed by atoms with Crippen LogP contribution >= 0.6 is 0 Å². The molecular weight excluding hydrogens is 927 g/mol. The quantitative estimate of drug-likeness (QED) is 0.0431. The van der Waals surface area contributed by atoms with Crippen LogP contribution in [0.1, 0.15) is 116 Å². The molecule has 3 fully saturated rings. The van der Waals surface area contributed by atoms with Crippen LogP contribution in [0.25, 0.3) is 0 Å². The number of aliphatic hydroxyl groups is 2. The minimum absolute atomic E-state index is 0.0487. The van der Waals surface area contributed by atoms with Gasteiger partial charge in [-0.15, -0.1) is 0 Å². The molecule has 0 spiro atoms. The summed E-state index contributed by atoms with van der Waals surface area (Å²) in [4.78, 5) is 82.2. The van der Waals surface area contributed by atoms with Crippen LogP contribution in [0.5, 0.6) is 11.5 Å². The number of carboxylic acids is 1. The normalized spacial score (nSPS) is 25.2. The maximum Gasteiger partial charge on any atom is 0.330 e. The summed E-state index contributed by atoms with van der Waals surface area (Å²) in [5, 5.41) is 38.3. The molecule has 2 aromatic rings. The van der Waals surface area contributed by atoms with Crippen molar-refractivity contribution in [2.24, 2.45) is 5.73 Å². The van der Waals surface area contributed by atoms with Crippen LogP contribution in [0.4, 0.5) is 0 Å². The monoisotopic (exact) mass is 1000 g/mol. The number of ether oxygens (including phenoxy) is 6. The number of carbonyl (C=O) groups is 4. The fourth-order valence-corrected chi connectivity index (χ4v) is 9.12. The summed E-state index contributed by atoms with van der Waals surface area (Å²) in [6.07, 6.45) is 2.49. The molecule has 0 radical (unpaired) electrons. The molecule has 10 atom stereocenters. The van der Waals surface area contributed by atoms with Crippen molar-refractivity contribution in [3.63, 3.8) is 0 Å². The highest BCUT2D eigenvalue weighted by Crippen LogP contribution is 2.36. The van der Waals surface area contributed by atoms with Crippen molar-refractivity contribution in [2.45, 2.75) is 172 Å². The second kappa shape index (κ2) is 28.9. The molecule has 22 heteroatoms. The van der Waals surface area contributed by atoms with E-state index in [1.807, 2.05) is 18.2 Å². The number of hydrogen-bond acceptors (Lipinski definition) is 17. The summed E-state index contributed by atoms with van der Waals surface area (Å²) in [5.41, 5.74) is 5.29. The van der Waals surface area contributed by atoms with Gasteiger partial charge in [-0.25, -0.2) is 9.59 Å². The van der Waals surface area contributed by atoms with E-state index in [1.54, 1.807) is 0 Å². The van der Waals surface area contributed by atoms with Crippen molar-refractivity contribution < 1.29 is 62.9 Å². The highest BCUT2D eigenvalue weighted by Gasteiger charge is 2.54. The van der Waals surface area contributed by atoms with E-state index in [9.17, 15) is 44.1 Å². The van der Waals surface area contributed by atoms with Crippen molar-refractivity contribution in [3.8, 4) is 11.5 Å². The Morgan fingerprint density at radius 1 is 0.873 bits per heavy atom. The Labute approximate surface area is 414 Å². The van der Waals surface area contributed by atoms with Crippen LogP contribution in [0, 0.1) is 0 Å². The van der Waals surface area contributed by atoms with Crippen LogP contribution in [-0.4, -0.2) is 167 Å². The lowest BCUT2D eigenvalue weighted by Crippen LogP contribution is -2.58. The summed E-state index contributed by atoms with van der Waals surface area (Å²) in [5.74, 6) is -1.99. The van der Waals surface area contributed by atoms with Gasteiger partial charge in [0.25, 0.3) is 5.56 Å². The summed E-state index contributed by atoms with van der Waals surface area (Å²) in [6.45, 7) is 5.97. The number of nitrogens with one attached hydrogen (secondary N) is 3. The molecule has 7 unspecified atom stereocenters. The summed E-state index contributed by atoms with van der Waals surface area (Å²) in [6, 6.07) is 3.91. The Balaban J connectivity index is 1.15. The highest BCUT2D eigenvalue weighted by atomic mass is 16.7. The summed E-state index contributed by atoms with van der Waals surface area (Å²) in [7, 11) is 2.71. The van der Waals surface area contributed by atoms with Crippen molar-refractivity contribution in [1.82, 2.24) is 30.0 Å². The first kappa shape index (κ1) is 57.0. The Morgan fingerprint density at radius 2 is 1.56 bits per heavy atom. The van der Waals surface area contributed by atoms with Gasteiger partial charge in [0, 0.05) is 71.3 Å². The molecule has 1 aromatic carbocycles. The fourth-order valence-electron chi connectivity index (χ4n) is 9.12. The Morgan fingerprint density at radius 3 is 2.21 bits per heavy atom. The molecule has 0 aliphatic carbocycles. The van der Waals surface area contributed by atoms with Gasteiger partial charge >= 0.3 is 17.6 Å². The minimum Gasteiger partial charge on any atom is -0.490 e. The average molecular weight is 1000 g/mol. The number of aliphatic carboxylic acids is 1. The number of aliphatic hydroxyl groups excluding tert-OH is 2. The van der Waals surface area contributed by atoms with Gasteiger partial charge in [-0.1, -0.05) is 71.3 Å². The number of H-pyrrole nitrogens is 1. The van der Waals surface area contributed by atoms with Gasteiger partial charge in [0.05, 0.1) is 37.9 Å². The summed E-state index contributed by atoms with van der Waals surface area (Å²) < 4.78 is 37.4. The molecule has 3 aliphatic heterocycles. The van der Waals surface area contributed by atoms with Crippen LogP contribution in [0.15, 0.2) is 40.1 Å². The Bertz CT molecular complexity index is 2120. The standard InChI is InChI=1S/C49H77N7O15/c1-5-7-9-11-13-23-66-34-16-15-31(25-35(34)67-24-14-12-10-8-6-2)29-51-20-17-38(59)52-21-18-41(61)68-37-30-54(3)44(47(62)55(4)43(37)48(63)64)46(71-42-27-32(57)36(28-50)69-42)45-33(58)26-40(70-45)56-22-19-39(60)53-49(56)65/h15-16,19,22,25,32-33,36-37,40,42-46,51,57-58H,5-14,17-18,20-21,23-24,26-30,50H2,1-4H3,(H,52,59)(H,63,64)(H,53,60,65)/t32?,33-,36?,37?,40+,42?,43?,44?,45-,46?/m0/s1. The fraction of sp³-hybridized carbons (Fsp3) is 0.714. The van der Waals surface area contributed by atoms with E-state index in [0.717, 1.165) is 52.5 Å². The molecule has 71 heavy (non-hydrogen) atoms. The van der Waals surface area contributed by atoms with Gasteiger partial charge in [-0.3, -0.25) is 33.6 Å². The molecule has 22 nitrogen and oxygen atoms in total. The number of likely N-dealkylation sites (N-methyl/N-ethyl adjacent to an activating group) is 2. The van der Waals surface area contributed by atoms with Gasteiger partial charge in [0.1, 0.15) is 30.6 Å². The van der Waals surface area contributed by atoms with Crippen LogP contribution in [0.2, 0.25) is 0 Å². The second-order valence-corrected chi connectivity index (χ2v) is 18.6. The topological polar surface area (TPSA) is 296 Å². The number of aromatic nitrogens is 2. The third-order valence-electron chi connectivity index (χ3n) is 13.0. The first-order valence-electron chi connectivity index (χ1n) is 25.2. The van der Waals surface area contributed by atoms with E-state index in [-0.39, 0.29) is 51.2 Å². The number of hydrogen-bond donors (Lipinski definition) is 7. The van der Waals surface area contributed by atoms with Gasteiger partial charge in [0.15, 0.2) is 23.8 Å². The highest BCUT2D eigenvalue weighted by molar-refractivity contribution is 5.88. The first-order chi connectivity index (χ1) is 34.1. The first-order valence-corrected chi connectivity index (χ1v) is 25.2. The molecule has 5 rings (SSSR count). The van der Waals surface area contributed by atoms with Crippen molar-refractivity contribution >= 4 is 23.8 Å². The Hall–Kier alpha value is -4.94. The van der Waals surface area contributed by atoms with E-state index in [1.165, 1.54) is 63.7 Å². The van der Waals surface area contributed by atoms with Crippen molar-refractivity contribution in [3.05, 3.63) is 56.9 Å². The van der Waals surface area contributed by atoms with Crippen molar-refractivity contribution in [1.29, 1.82) is 0 Å². The number of carbonyl (C=O) groups excluding carboxylic acids is 3. The van der Waals surface area contributed by atoms with Gasteiger partial charge < -0.3 is 65.0 Å². The van der Waals surface area contributed by atoms with E-state index in [4.69, 9.17) is 34.2 Å². The van der Waals surface area contributed by atoms with Crippen LogP contribution in [0.3, 0.4) is 0 Å². The maximum atomic E-state index is 14.4. The molecule has 3 saturated heterocycles. The molecule has 1 aromatic heterocycles. The lowest BCUT2D eigenvalue weighted by atomic mass is 9.98. The van der Waals surface area contributed by atoms with E-state index < -0.39 is 90.3 Å². The second-order valence-electron chi connectivity index (χ2n) is 18.6. The zero-order valence-electron chi connectivity index (χ0n) is 41.7. The van der Waals surface area contributed by atoms with Gasteiger partial charge in [-0.2, -0.15) is 0 Å². The molecule has 3 aliphatic rings. The smallest absolute Gasteiger partial charge is 0.330 e. The van der Waals surface area contributed by atoms with E-state index in [0.29, 0.717) is 32.1 Å². The average Bonchev–Trinajstić information content (AvgIpc) is 3.87. The summed E-state index contributed by atoms with van der Waals surface area (Å²) >= 11 is 0. The Kier molecular flexibility index (Phi) is 23.2. The third-order valence-corrected chi connectivity index (χ3v) is 13.0. The molecule has 4 heterocycles. The third kappa shape index (κ3) is 16.8. The SMILES string of the molecule is CCCCCCCOc1ccc(CNCCC(=O)NCCC(=O)OC2CN(C)C(C(OC3CC(O)C(CN)O3)[C@H]3O[C@@H](n4ccc(=O)[nH]c4=O)C[C@@H]3O)C(=O)N(C)C2C(=O)O)cc1OCCCCCCC. The molecular formula is C49H77N7O15. The number of unbranched alkanes of at least 4 members (excludes halogenated alkanes) is 8. The van der Waals surface area contributed by atoms with Crippen LogP contribution in [-0.2, 0) is 44.7 Å². The maximum absolute atomic E-state index is 14.4. The largest absolute Gasteiger partial charge is 0.490 e. The van der Waals surface area contributed by atoms with Gasteiger partial charge in [-0.05, 0) is 37.6 Å². The number of carboxylic acid groups (broad SMARTS) is 1. The lowest BCUT2D eigenvalue weighted by Gasteiger charge is -2.38. The molecule has 2 amide bonds. The predicted molar refractivity (Wildman–Crippen MR) is 258 cm³/mol. The number of nitrogens with zero attached hydrogens (tertiary/aromatic N) is 3. The number of rotatable bonds is 30.